The summed E-state index contributed by atoms with van der Waals surface area (Å²) in [7, 11) is 1.38. The van der Waals surface area contributed by atoms with Gasteiger partial charge in [0.25, 0.3) is 0 Å². The first-order valence-electron chi connectivity index (χ1n) is 7.60. The molecule has 1 saturated carbocycles. The van der Waals surface area contributed by atoms with E-state index in [4.69, 9.17) is 10.5 Å². The molecule has 3 N–H and O–H groups in total. The molecule has 124 valence electrons. The van der Waals surface area contributed by atoms with E-state index >= 15 is 0 Å². The number of carbonyl (C=O) groups excluding carboxylic acids is 2. The van der Waals surface area contributed by atoms with Crippen LogP contribution in [-0.2, 0) is 14.3 Å². The lowest BCUT2D eigenvalue weighted by molar-refractivity contribution is -0.143. The minimum absolute atomic E-state index is 0. The van der Waals surface area contributed by atoms with E-state index in [2.05, 4.69) is 5.32 Å². The van der Waals surface area contributed by atoms with Crippen molar-refractivity contribution in [1.29, 1.82) is 0 Å². The van der Waals surface area contributed by atoms with E-state index < -0.39 is 5.54 Å². The normalized spacial score (nSPS) is 21.5. The van der Waals surface area contributed by atoms with Crippen LogP contribution in [0.1, 0.15) is 52.4 Å². The number of hydrogen-bond acceptors (Lipinski definition) is 4. The maximum atomic E-state index is 12.5. The van der Waals surface area contributed by atoms with E-state index in [-0.39, 0.29) is 42.5 Å². The van der Waals surface area contributed by atoms with Crippen molar-refractivity contribution in [2.75, 3.05) is 13.7 Å². The van der Waals surface area contributed by atoms with Gasteiger partial charge in [0.1, 0.15) is 0 Å². The van der Waals surface area contributed by atoms with Gasteiger partial charge in [-0.2, -0.15) is 0 Å². The van der Waals surface area contributed by atoms with Crippen molar-refractivity contribution >= 4 is 24.3 Å². The van der Waals surface area contributed by atoms with E-state index in [1.165, 1.54) is 7.11 Å². The van der Waals surface area contributed by atoms with Gasteiger partial charge in [0, 0.05) is 11.5 Å². The molecular formula is C15H29ClN2O3. The molecule has 0 aromatic carbocycles. The van der Waals surface area contributed by atoms with Gasteiger partial charge >= 0.3 is 5.97 Å². The summed E-state index contributed by atoms with van der Waals surface area (Å²) in [5.74, 6) is 0.0380. The van der Waals surface area contributed by atoms with Gasteiger partial charge in [0.2, 0.25) is 5.91 Å². The smallest absolute Gasteiger partial charge is 0.307 e. The molecule has 0 heterocycles. The Morgan fingerprint density at radius 3 is 2.38 bits per heavy atom. The molecular weight excluding hydrogens is 292 g/mol. The van der Waals surface area contributed by atoms with Crippen molar-refractivity contribution in [3.8, 4) is 0 Å². The number of rotatable bonds is 7. The van der Waals surface area contributed by atoms with E-state index in [0.717, 1.165) is 19.3 Å². The standard InChI is InChI=1S/C15H28N2O3.ClH/c1-4-15(5-2,9-13(18)20-3)17-14(19)12-8-6-7-11(12)10-16;/h11-12H,4-10,16H2,1-3H3,(H,17,19);1H/t11-,12-;/m1./s1. The molecule has 0 saturated heterocycles. The molecule has 2 atom stereocenters. The summed E-state index contributed by atoms with van der Waals surface area (Å²) < 4.78 is 4.75. The predicted octanol–water partition coefficient (Wildman–Crippen LogP) is 2.02. The Labute approximate surface area is 133 Å². The van der Waals surface area contributed by atoms with Crippen molar-refractivity contribution in [2.45, 2.75) is 57.9 Å². The Hall–Kier alpha value is -0.810. The zero-order valence-corrected chi connectivity index (χ0v) is 14.1. The summed E-state index contributed by atoms with van der Waals surface area (Å²) in [4.78, 5) is 24.1. The predicted molar refractivity (Wildman–Crippen MR) is 85.2 cm³/mol. The van der Waals surface area contributed by atoms with Crippen molar-refractivity contribution < 1.29 is 14.3 Å². The van der Waals surface area contributed by atoms with Crippen LogP contribution in [0.3, 0.4) is 0 Å². The fourth-order valence-corrected chi connectivity index (χ4v) is 3.09. The summed E-state index contributed by atoms with van der Waals surface area (Å²) in [5.41, 5.74) is 5.24. The third-order valence-corrected chi connectivity index (χ3v) is 4.75. The first-order valence-corrected chi connectivity index (χ1v) is 7.60. The van der Waals surface area contributed by atoms with Gasteiger partial charge in [-0.1, -0.05) is 20.3 Å². The zero-order chi connectivity index (χ0) is 15.2. The fraction of sp³-hybridized carbons (Fsp3) is 0.867. The van der Waals surface area contributed by atoms with E-state index in [1.807, 2.05) is 13.8 Å². The molecule has 6 heteroatoms. The van der Waals surface area contributed by atoms with Gasteiger partial charge < -0.3 is 15.8 Å². The molecule has 0 unspecified atom stereocenters. The molecule has 1 fully saturated rings. The number of ether oxygens (including phenoxy) is 1. The molecule has 0 aliphatic heterocycles. The summed E-state index contributed by atoms with van der Waals surface area (Å²) >= 11 is 0. The Kier molecular flexibility index (Phi) is 8.90. The minimum Gasteiger partial charge on any atom is -0.469 e. The van der Waals surface area contributed by atoms with Crippen LogP contribution in [-0.4, -0.2) is 31.1 Å². The maximum Gasteiger partial charge on any atom is 0.307 e. The number of nitrogens with one attached hydrogen (secondary N) is 1. The molecule has 0 bridgehead atoms. The molecule has 1 rings (SSSR count). The number of amides is 1. The average molecular weight is 321 g/mol. The Balaban J connectivity index is 0.00000400. The highest BCUT2D eigenvalue weighted by molar-refractivity contribution is 5.85. The van der Waals surface area contributed by atoms with E-state index in [9.17, 15) is 9.59 Å². The molecule has 21 heavy (non-hydrogen) atoms. The lowest BCUT2D eigenvalue weighted by Crippen LogP contribution is -2.52. The molecule has 1 aliphatic rings. The van der Waals surface area contributed by atoms with Gasteiger partial charge in [-0.25, -0.2) is 0 Å². The van der Waals surface area contributed by atoms with Crippen LogP contribution in [0, 0.1) is 11.8 Å². The number of nitrogens with two attached hydrogens (primary N) is 1. The Morgan fingerprint density at radius 2 is 1.90 bits per heavy atom. The summed E-state index contributed by atoms with van der Waals surface area (Å²) in [6.45, 7) is 4.53. The van der Waals surface area contributed by atoms with Crippen LogP contribution in [0.2, 0.25) is 0 Å². The van der Waals surface area contributed by atoms with E-state index in [0.29, 0.717) is 19.4 Å². The van der Waals surface area contributed by atoms with Crippen LogP contribution in [0.5, 0.6) is 0 Å². The van der Waals surface area contributed by atoms with Gasteiger partial charge in [0.05, 0.1) is 13.5 Å². The SMILES string of the molecule is CCC(CC)(CC(=O)OC)NC(=O)[C@@H]1CCC[C@@H]1CN.Cl. The molecule has 0 spiro atoms. The second-order valence-electron chi connectivity index (χ2n) is 5.76. The first kappa shape index (κ1) is 20.2. The van der Waals surface area contributed by atoms with Crippen molar-refractivity contribution in [1.82, 2.24) is 5.32 Å². The summed E-state index contributed by atoms with van der Waals surface area (Å²) in [6.07, 6.45) is 4.63. The largest absolute Gasteiger partial charge is 0.469 e. The van der Waals surface area contributed by atoms with Gasteiger partial charge in [-0.15, -0.1) is 12.4 Å². The lowest BCUT2D eigenvalue weighted by atomic mass is 9.87. The number of hydrogen-bond donors (Lipinski definition) is 2. The topological polar surface area (TPSA) is 81.4 Å². The van der Waals surface area contributed by atoms with Crippen molar-refractivity contribution in [3.63, 3.8) is 0 Å². The molecule has 5 nitrogen and oxygen atoms in total. The van der Waals surface area contributed by atoms with Crippen LogP contribution in [0.15, 0.2) is 0 Å². The van der Waals surface area contributed by atoms with Gasteiger partial charge in [-0.3, -0.25) is 9.59 Å². The van der Waals surface area contributed by atoms with Crippen molar-refractivity contribution in [3.05, 3.63) is 0 Å². The van der Waals surface area contributed by atoms with Gasteiger partial charge in [-0.05, 0) is 38.1 Å². The Morgan fingerprint density at radius 1 is 1.29 bits per heavy atom. The van der Waals surface area contributed by atoms with Crippen molar-refractivity contribution in [2.24, 2.45) is 17.6 Å². The molecule has 0 aromatic rings. The van der Waals surface area contributed by atoms with Gasteiger partial charge in [0.15, 0.2) is 0 Å². The van der Waals surface area contributed by atoms with Crippen LogP contribution in [0.25, 0.3) is 0 Å². The number of methoxy groups -OCH3 is 1. The quantitative estimate of drug-likeness (QED) is 0.703. The highest BCUT2D eigenvalue weighted by atomic mass is 35.5. The number of halogens is 1. The molecule has 0 radical (unpaired) electrons. The Bertz CT molecular complexity index is 346. The summed E-state index contributed by atoms with van der Waals surface area (Å²) in [6, 6.07) is 0. The second-order valence-corrected chi connectivity index (χ2v) is 5.76. The fourth-order valence-electron chi connectivity index (χ4n) is 3.09. The van der Waals surface area contributed by atoms with E-state index in [1.54, 1.807) is 0 Å². The highest BCUT2D eigenvalue weighted by Gasteiger charge is 2.37. The lowest BCUT2D eigenvalue weighted by Gasteiger charge is -2.33. The zero-order valence-electron chi connectivity index (χ0n) is 13.3. The minimum atomic E-state index is -0.494. The third-order valence-electron chi connectivity index (χ3n) is 4.75. The molecule has 0 aromatic heterocycles. The van der Waals surface area contributed by atoms with Crippen LogP contribution >= 0.6 is 12.4 Å². The molecule has 1 amide bonds. The first-order chi connectivity index (χ1) is 9.51. The van der Waals surface area contributed by atoms with Crippen LogP contribution < -0.4 is 11.1 Å². The van der Waals surface area contributed by atoms with Crippen LogP contribution in [0.4, 0.5) is 0 Å². The summed E-state index contributed by atoms with van der Waals surface area (Å²) in [5, 5.41) is 3.11. The number of carbonyl (C=O) groups is 2. The third kappa shape index (κ3) is 5.15. The second kappa shape index (κ2) is 9.26. The highest BCUT2D eigenvalue weighted by Crippen LogP contribution is 2.32. The average Bonchev–Trinajstić information content (AvgIpc) is 2.94. The maximum absolute atomic E-state index is 12.5. The monoisotopic (exact) mass is 320 g/mol. The molecule has 1 aliphatic carbocycles. The number of esters is 1.